The molecule has 7 rings (SSSR count). The lowest BCUT2D eigenvalue weighted by molar-refractivity contribution is -0.146. The predicted molar refractivity (Wildman–Crippen MR) is 285 cm³/mol. The van der Waals surface area contributed by atoms with Gasteiger partial charge in [0, 0.05) is 23.6 Å². The van der Waals surface area contributed by atoms with Crippen LogP contribution < -0.4 is 43.9 Å². The molecule has 2 aromatic heterocycles. The molecule has 0 radical (unpaired) electrons. The van der Waals surface area contributed by atoms with Gasteiger partial charge in [0.1, 0.15) is 22.3 Å². The fraction of sp³-hybridized carbons (Fsp3) is 0.340. The summed E-state index contributed by atoms with van der Waals surface area (Å²) in [6, 6.07) is 9.18. The third-order valence-electron chi connectivity index (χ3n) is 11.2. The molecular weight excluding hydrogens is 1250 g/mol. The molecular formula is C50H49ClF8N10O16S2. The van der Waals surface area contributed by atoms with Crippen molar-refractivity contribution < 1.29 is 110 Å². The second-order valence-corrected chi connectivity index (χ2v) is 21.2. The van der Waals surface area contributed by atoms with Gasteiger partial charge >= 0.3 is 49.4 Å². The van der Waals surface area contributed by atoms with Crippen LogP contribution >= 0.6 is 11.6 Å². The summed E-state index contributed by atoms with van der Waals surface area (Å²) >= 11 is 6.02. The molecule has 37 heteroatoms. The minimum Gasteiger partial charge on any atom is -0.480 e. The van der Waals surface area contributed by atoms with E-state index in [-0.39, 0.29) is 39.8 Å². The standard InChI is InChI=1S/C21H23ClFNO5.C15H16F3N5O4S.C14H10F4N4O7S/c1-2-3-6-9-28-19(25)12-29-18-11-17(16(23)10-15(18)22)24-20(26)13-7-4-5-8-14(13)21(24)27;1-9-19-12(22-14(20-9)27-2)21-13(24)23-28(25,26)11-6-4-3-5-10(11)7-8-15(16,17)18;15-11(16)28-8-5-9(29-12(17)18)20-13(19-8)21-14(25)22-30(26,27)7-4-2-1-3-6(7)10(23)24/h10-11H,2-9,12H2,1H3;3-6H,7-8H2,1-2H3,(H2,19,20,21,22,23,24);1-5,11-12H,(H,23,24)(H2,19,20,21,22,25). The first-order chi connectivity index (χ1) is 40.9. The van der Waals surface area contributed by atoms with Crippen LogP contribution in [-0.4, -0.2) is 122 Å². The van der Waals surface area contributed by atoms with Gasteiger partial charge in [-0.3, -0.25) is 20.2 Å². The van der Waals surface area contributed by atoms with E-state index in [0.717, 1.165) is 61.3 Å². The van der Waals surface area contributed by atoms with Crippen LogP contribution in [0.1, 0.15) is 80.0 Å². The number of urea groups is 2. The zero-order valence-electron chi connectivity index (χ0n) is 45.3. The molecule has 0 atom stereocenters. The lowest BCUT2D eigenvalue weighted by Gasteiger charge is -2.18. The Hall–Kier alpha value is -9.06. The highest BCUT2D eigenvalue weighted by Gasteiger charge is 2.41. The van der Waals surface area contributed by atoms with Crippen molar-refractivity contribution >= 4 is 85.0 Å². The maximum Gasteiger partial charge on any atom is 0.389 e. The van der Waals surface area contributed by atoms with Gasteiger partial charge in [0.05, 0.1) is 41.0 Å². The van der Waals surface area contributed by atoms with Gasteiger partial charge in [-0.1, -0.05) is 61.7 Å². The van der Waals surface area contributed by atoms with Crippen molar-refractivity contribution in [2.75, 3.05) is 35.9 Å². The van der Waals surface area contributed by atoms with Crippen LogP contribution in [-0.2, 0) is 45.6 Å². The number of carbonyl (C=O) groups excluding carboxylic acids is 5. The highest BCUT2D eigenvalue weighted by Crippen LogP contribution is 2.40. The summed E-state index contributed by atoms with van der Waals surface area (Å²) in [4.78, 5) is 89.7. The molecule has 5 N–H and O–H groups in total. The fourth-order valence-corrected chi connectivity index (χ4v) is 10.1. The van der Waals surface area contributed by atoms with E-state index in [9.17, 15) is 80.7 Å². The summed E-state index contributed by atoms with van der Waals surface area (Å²) in [5.74, 6) is -6.91. The largest absolute Gasteiger partial charge is 0.480 e. The van der Waals surface area contributed by atoms with Gasteiger partial charge in [0.25, 0.3) is 31.9 Å². The smallest absolute Gasteiger partial charge is 0.389 e. The van der Waals surface area contributed by atoms with E-state index in [2.05, 4.69) is 39.7 Å². The first kappa shape index (κ1) is 68.7. The molecule has 5 aromatic rings. The number of ether oxygens (including phenoxy) is 5. The number of anilines is 3. The molecule has 0 saturated heterocycles. The number of rotatable bonds is 22. The summed E-state index contributed by atoms with van der Waals surface area (Å²) in [5, 5.41) is 12.8. The molecule has 470 valence electrons. The normalized spacial score (nSPS) is 13.1. The van der Waals surface area contributed by atoms with Crippen LogP contribution in [0.4, 0.5) is 62.3 Å². The number of aryl methyl sites for hydroxylation is 2. The van der Waals surface area contributed by atoms with Crippen LogP contribution in [0.5, 0.6) is 23.5 Å². The summed E-state index contributed by atoms with van der Waals surface area (Å²) in [5.41, 5.74) is -0.0423. The molecule has 0 spiro atoms. The quantitative estimate of drug-likeness (QED) is 0.0188. The number of nitrogens with zero attached hydrogens (tertiary/aromatic N) is 6. The topological polar surface area (TPSA) is 353 Å². The number of alkyl halides is 7. The van der Waals surface area contributed by atoms with Crippen molar-refractivity contribution in [3.8, 4) is 23.5 Å². The fourth-order valence-electron chi connectivity index (χ4n) is 7.58. The second-order valence-electron chi connectivity index (χ2n) is 17.5. The SMILES string of the molecule is CCCCCOC(=O)COc1cc(N2C(=O)C3=C(CCCC3)C2=O)c(F)cc1Cl.COc1nc(C)nc(NC(=O)NS(=O)(=O)c2ccccc2CCC(F)(F)F)n1.O=C(Nc1nc(OC(F)F)cc(OC(F)F)n1)NS(=O)(=O)c1ccccc1C(=O)O. The highest BCUT2D eigenvalue weighted by molar-refractivity contribution is 7.90. The average Bonchev–Trinajstić information content (AvgIpc) is 1.67. The first-order valence-corrected chi connectivity index (χ1v) is 28.3. The molecule has 3 aromatic carbocycles. The Morgan fingerprint density at radius 2 is 1.30 bits per heavy atom. The molecule has 1 aliphatic carbocycles. The van der Waals surface area contributed by atoms with Crippen LogP contribution in [0, 0.1) is 12.7 Å². The Balaban J connectivity index is 0.000000238. The Kier molecular flexibility index (Phi) is 24.4. The number of aromatic nitrogens is 5. The second kappa shape index (κ2) is 30.8. The number of carbonyl (C=O) groups is 6. The van der Waals surface area contributed by atoms with Crippen LogP contribution in [0.2, 0.25) is 5.02 Å². The van der Waals surface area contributed by atoms with E-state index in [1.54, 1.807) is 10.0 Å². The van der Waals surface area contributed by atoms with Gasteiger partial charge in [-0.25, -0.2) is 54.7 Å². The molecule has 0 fully saturated rings. The molecule has 2 aliphatic rings. The molecule has 6 amide bonds. The molecule has 3 heterocycles. The van der Waals surface area contributed by atoms with E-state index < -0.39 is 134 Å². The van der Waals surface area contributed by atoms with E-state index >= 15 is 0 Å². The number of methoxy groups -OCH3 is 1. The molecule has 1 aliphatic heterocycles. The van der Waals surface area contributed by atoms with Crippen molar-refractivity contribution in [1.29, 1.82) is 0 Å². The molecule has 87 heavy (non-hydrogen) atoms. The van der Waals surface area contributed by atoms with Crippen molar-refractivity contribution in [3.63, 3.8) is 0 Å². The maximum absolute atomic E-state index is 14.5. The Morgan fingerprint density at radius 3 is 1.84 bits per heavy atom. The van der Waals surface area contributed by atoms with Crippen molar-refractivity contribution in [1.82, 2.24) is 34.4 Å². The monoisotopic (exact) mass is 1300 g/mol. The van der Waals surface area contributed by atoms with Crippen LogP contribution in [0.15, 0.2) is 87.7 Å². The number of imide groups is 1. The minimum absolute atomic E-state index is 0.000883. The molecule has 0 saturated carbocycles. The average molecular weight is 1300 g/mol. The summed E-state index contributed by atoms with van der Waals surface area (Å²) in [6.45, 7) is -3.38. The maximum atomic E-state index is 14.5. The Bertz CT molecular complexity index is 3570. The number of esters is 1. The number of carboxylic acid groups (broad SMARTS) is 1. The lowest BCUT2D eigenvalue weighted by atomic mass is 9.93. The number of sulfonamides is 2. The number of benzene rings is 3. The predicted octanol–water partition coefficient (Wildman–Crippen LogP) is 8.42. The Labute approximate surface area is 493 Å². The molecule has 0 unspecified atom stereocenters. The number of amides is 6. The zero-order valence-corrected chi connectivity index (χ0v) is 47.6. The number of carboxylic acids is 1. The van der Waals surface area contributed by atoms with E-state index in [4.69, 9.17) is 30.9 Å². The third kappa shape index (κ3) is 20.6. The first-order valence-electron chi connectivity index (χ1n) is 25.0. The van der Waals surface area contributed by atoms with Crippen molar-refractivity contribution in [2.24, 2.45) is 0 Å². The van der Waals surface area contributed by atoms with Crippen LogP contribution in [0.3, 0.4) is 0 Å². The van der Waals surface area contributed by atoms with Crippen LogP contribution in [0.25, 0.3) is 0 Å². The highest BCUT2D eigenvalue weighted by atomic mass is 35.5. The zero-order chi connectivity index (χ0) is 64.4. The lowest BCUT2D eigenvalue weighted by Crippen LogP contribution is -2.35. The summed E-state index contributed by atoms with van der Waals surface area (Å²) < 4.78 is 177. The van der Waals surface area contributed by atoms with Gasteiger partial charge < -0.3 is 28.8 Å². The molecule has 26 nitrogen and oxygen atoms in total. The Morgan fingerprint density at radius 1 is 0.759 bits per heavy atom. The third-order valence-corrected chi connectivity index (χ3v) is 14.4. The number of hydrogen-bond acceptors (Lipinski definition) is 20. The summed E-state index contributed by atoms with van der Waals surface area (Å²) in [6.07, 6.45) is -0.796. The number of aromatic carboxylic acids is 1. The number of nitrogens with one attached hydrogen (secondary N) is 4. The number of halogens is 9. The van der Waals surface area contributed by atoms with Gasteiger partial charge in [0.2, 0.25) is 23.7 Å². The van der Waals surface area contributed by atoms with Crippen molar-refractivity contribution in [3.05, 3.63) is 106 Å². The van der Waals surface area contributed by atoms with Gasteiger partial charge in [0.15, 0.2) is 6.61 Å². The van der Waals surface area contributed by atoms with Gasteiger partial charge in [-0.15, -0.1) is 0 Å². The van der Waals surface area contributed by atoms with E-state index in [1.807, 2.05) is 6.92 Å². The van der Waals surface area contributed by atoms with Gasteiger partial charge in [-0.2, -0.15) is 55.7 Å². The number of hydrogen-bond donors (Lipinski definition) is 5. The summed E-state index contributed by atoms with van der Waals surface area (Å²) in [7, 11) is -7.86. The number of unbranched alkanes of at least 4 members (excludes halogenated alkanes) is 2. The van der Waals surface area contributed by atoms with E-state index in [0.29, 0.717) is 36.7 Å². The van der Waals surface area contributed by atoms with E-state index in [1.165, 1.54) is 55.2 Å². The van der Waals surface area contributed by atoms with Crippen molar-refractivity contribution in [2.45, 2.75) is 101 Å². The minimum atomic E-state index is -4.71. The molecule has 0 bridgehead atoms. The van der Waals surface area contributed by atoms with Gasteiger partial charge in [-0.05, 0) is 75.3 Å².